The first-order valence-electron chi connectivity index (χ1n) is 8.28. The van der Waals surface area contributed by atoms with Crippen LogP contribution in [0.1, 0.15) is 19.5 Å². The number of piperazine rings is 1. The van der Waals surface area contributed by atoms with E-state index >= 15 is 0 Å². The van der Waals surface area contributed by atoms with Crippen molar-refractivity contribution >= 4 is 0 Å². The zero-order valence-corrected chi connectivity index (χ0v) is 13.8. The molecule has 1 aromatic rings. The van der Waals surface area contributed by atoms with Crippen LogP contribution in [0.25, 0.3) is 0 Å². The van der Waals surface area contributed by atoms with Crippen LogP contribution in [0.5, 0.6) is 0 Å². The SMILES string of the molecule is CC(C)OC[C@@H](O)CN1CCN(CCc2ccccn2)CC1. The lowest BCUT2D eigenvalue weighted by Crippen LogP contribution is -2.49. The maximum absolute atomic E-state index is 9.98. The third-order valence-electron chi connectivity index (χ3n) is 3.97. The molecule has 0 unspecified atom stereocenters. The number of nitrogens with zero attached hydrogens (tertiary/aromatic N) is 3. The molecule has 5 heteroatoms. The van der Waals surface area contributed by atoms with Crippen molar-refractivity contribution in [3.05, 3.63) is 30.1 Å². The minimum Gasteiger partial charge on any atom is -0.389 e. The van der Waals surface area contributed by atoms with E-state index in [0.717, 1.165) is 44.8 Å². The zero-order valence-electron chi connectivity index (χ0n) is 13.8. The molecule has 0 bridgehead atoms. The average molecular weight is 307 g/mol. The lowest BCUT2D eigenvalue weighted by Gasteiger charge is -2.35. The Labute approximate surface area is 133 Å². The summed E-state index contributed by atoms with van der Waals surface area (Å²) in [5, 5.41) is 9.98. The summed E-state index contributed by atoms with van der Waals surface area (Å²) in [5.74, 6) is 0. The van der Waals surface area contributed by atoms with Gasteiger partial charge in [-0.3, -0.25) is 9.88 Å². The van der Waals surface area contributed by atoms with E-state index in [4.69, 9.17) is 4.74 Å². The van der Waals surface area contributed by atoms with Crippen LogP contribution < -0.4 is 0 Å². The van der Waals surface area contributed by atoms with E-state index in [1.54, 1.807) is 0 Å². The van der Waals surface area contributed by atoms with Crippen LogP contribution in [0.15, 0.2) is 24.4 Å². The first-order chi connectivity index (χ1) is 10.6. The Morgan fingerprint density at radius 3 is 2.55 bits per heavy atom. The zero-order chi connectivity index (χ0) is 15.8. The largest absolute Gasteiger partial charge is 0.389 e. The predicted molar refractivity (Wildman–Crippen MR) is 87.9 cm³/mol. The average Bonchev–Trinajstić information content (AvgIpc) is 2.53. The summed E-state index contributed by atoms with van der Waals surface area (Å²) >= 11 is 0. The van der Waals surface area contributed by atoms with Gasteiger partial charge >= 0.3 is 0 Å². The van der Waals surface area contributed by atoms with E-state index < -0.39 is 0 Å². The van der Waals surface area contributed by atoms with Crippen LogP contribution in [0.2, 0.25) is 0 Å². The number of hydrogen-bond donors (Lipinski definition) is 1. The summed E-state index contributed by atoms with van der Waals surface area (Å²) in [4.78, 5) is 9.17. The Balaban J connectivity index is 1.61. The normalized spacial score (nSPS) is 18.7. The molecular weight excluding hydrogens is 278 g/mol. The summed E-state index contributed by atoms with van der Waals surface area (Å²) in [7, 11) is 0. The molecule has 1 aliphatic rings. The Morgan fingerprint density at radius 2 is 1.91 bits per heavy atom. The van der Waals surface area contributed by atoms with Crippen LogP contribution in [0, 0.1) is 0 Å². The lowest BCUT2D eigenvalue weighted by atomic mass is 10.2. The van der Waals surface area contributed by atoms with E-state index in [9.17, 15) is 5.11 Å². The van der Waals surface area contributed by atoms with Crippen LogP contribution in [-0.2, 0) is 11.2 Å². The minimum atomic E-state index is -0.387. The monoisotopic (exact) mass is 307 g/mol. The maximum atomic E-state index is 9.98. The molecular formula is C17H29N3O2. The van der Waals surface area contributed by atoms with Crippen molar-refractivity contribution in [1.82, 2.24) is 14.8 Å². The maximum Gasteiger partial charge on any atom is 0.0900 e. The smallest absolute Gasteiger partial charge is 0.0900 e. The van der Waals surface area contributed by atoms with Crippen LogP contribution in [0.4, 0.5) is 0 Å². The molecule has 1 N–H and O–H groups in total. The second-order valence-corrected chi connectivity index (χ2v) is 6.25. The highest BCUT2D eigenvalue weighted by atomic mass is 16.5. The molecule has 0 aliphatic carbocycles. The van der Waals surface area contributed by atoms with Gasteiger partial charge in [-0.25, -0.2) is 0 Å². The lowest BCUT2D eigenvalue weighted by molar-refractivity contribution is -0.0144. The summed E-state index contributed by atoms with van der Waals surface area (Å²) in [5.41, 5.74) is 1.16. The number of β-amino-alcohol motifs (C(OH)–C–C–N with tert-alkyl or cyclic N) is 1. The first-order valence-corrected chi connectivity index (χ1v) is 8.28. The van der Waals surface area contributed by atoms with Crippen LogP contribution in [-0.4, -0.2) is 78.0 Å². The van der Waals surface area contributed by atoms with E-state index in [0.29, 0.717) is 13.2 Å². The van der Waals surface area contributed by atoms with Crippen molar-refractivity contribution in [2.24, 2.45) is 0 Å². The fourth-order valence-electron chi connectivity index (χ4n) is 2.67. The highest BCUT2D eigenvalue weighted by molar-refractivity contribution is 5.03. The van der Waals surface area contributed by atoms with E-state index in [1.165, 1.54) is 0 Å². The minimum absolute atomic E-state index is 0.179. The molecule has 2 heterocycles. The van der Waals surface area contributed by atoms with Crippen molar-refractivity contribution in [2.45, 2.75) is 32.5 Å². The number of aliphatic hydroxyl groups excluding tert-OH is 1. The molecule has 0 radical (unpaired) electrons. The standard InChI is InChI=1S/C17H29N3O2/c1-15(2)22-14-17(21)13-20-11-9-19(10-12-20)8-6-16-5-3-4-7-18-16/h3-5,7,15,17,21H,6,8-14H2,1-2H3/t17-/m0/s1. The second kappa shape index (κ2) is 9.20. The Hall–Kier alpha value is -1.01. The Kier molecular flexibility index (Phi) is 7.25. The quantitative estimate of drug-likeness (QED) is 0.777. The number of aromatic nitrogens is 1. The van der Waals surface area contributed by atoms with Crippen molar-refractivity contribution in [1.29, 1.82) is 0 Å². The summed E-state index contributed by atoms with van der Waals surface area (Å²) in [6.07, 6.45) is 2.65. The van der Waals surface area contributed by atoms with Crippen molar-refractivity contribution in [3.8, 4) is 0 Å². The third kappa shape index (κ3) is 6.40. The van der Waals surface area contributed by atoms with Crippen molar-refractivity contribution < 1.29 is 9.84 Å². The molecule has 0 saturated carbocycles. The molecule has 0 spiro atoms. The van der Waals surface area contributed by atoms with Gasteiger partial charge in [0, 0.05) is 57.6 Å². The van der Waals surface area contributed by atoms with E-state index in [-0.39, 0.29) is 12.2 Å². The highest BCUT2D eigenvalue weighted by Gasteiger charge is 2.19. The fourth-order valence-corrected chi connectivity index (χ4v) is 2.67. The molecule has 1 fully saturated rings. The first kappa shape index (κ1) is 17.3. The molecule has 124 valence electrons. The Bertz CT molecular complexity index is 406. The molecule has 5 nitrogen and oxygen atoms in total. The van der Waals surface area contributed by atoms with Gasteiger partial charge in [-0.05, 0) is 26.0 Å². The molecule has 1 aliphatic heterocycles. The van der Waals surface area contributed by atoms with Gasteiger partial charge in [0.25, 0.3) is 0 Å². The summed E-state index contributed by atoms with van der Waals surface area (Å²) in [6, 6.07) is 6.08. The summed E-state index contributed by atoms with van der Waals surface area (Å²) in [6.45, 7) is 10.3. The number of hydrogen-bond acceptors (Lipinski definition) is 5. The van der Waals surface area contributed by atoms with Crippen molar-refractivity contribution in [2.75, 3.05) is 45.9 Å². The highest BCUT2D eigenvalue weighted by Crippen LogP contribution is 2.05. The van der Waals surface area contributed by atoms with Crippen LogP contribution in [0.3, 0.4) is 0 Å². The molecule has 1 aromatic heterocycles. The predicted octanol–water partition coefficient (Wildman–Crippen LogP) is 1.03. The number of aliphatic hydroxyl groups is 1. The number of ether oxygens (including phenoxy) is 1. The number of pyridine rings is 1. The van der Waals surface area contributed by atoms with Gasteiger partial charge in [0.15, 0.2) is 0 Å². The van der Waals surface area contributed by atoms with E-state index in [2.05, 4.69) is 20.9 Å². The van der Waals surface area contributed by atoms with Gasteiger partial charge in [-0.1, -0.05) is 6.07 Å². The molecule has 1 atom stereocenters. The molecule has 1 saturated heterocycles. The molecule has 22 heavy (non-hydrogen) atoms. The third-order valence-corrected chi connectivity index (χ3v) is 3.97. The fraction of sp³-hybridized carbons (Fsp3) is 0.706. The van der Waals surface area contributed by atoms with Gasteiger partial charge in [0.1, 0.15) is 0 Å². The van der Waals surface area contributed by atoms with Gasteiger partial charge < -0.3 is 14.7 Å². The van der Waals surface area contributed by atoms with Crippen molar-refractivity contribution in [3.63, 3.8) is 0 Å². The van der Waals surface area contributed by atoms with Gasteiger partial charge in [-0.2, -0.15) is 0 Å². The van der Waals surface area contributed by atoms with Gasteiger partial charge in [0.2, 0.25) is 0 Å². The van der Waals surface area contributed by atoms with E-state index in [1.807, 2.05) is 32.2 Å². The molecule has 0 aromatic carbocycles. The van der Waals surface area contributed by atoms with Crippen LogP contribution >= 0.6 is 0 Å². The van der Waals surface area contributed by atoms with Gasteiger partial charge in [-0.15, -0.1) is 0 Å². The van der Waals surface area contributed by atoms with Gasteiger partial charge in [0.05, 0.1) is 18.8 Å². The molecule has 0 amide bonds. The Morgan fingerprint density at radius 1 is 1.18 bits per heavy atom. The number of rotatable bonds is 8. The molecule has 2 rings (SSSR count). The second-order valence-electron chi connectivity index (χ2n) is 6.25. The summed E-state index contributed by atoms with van der Waals surface area (Å²) < 4.78 is 5.46. The topological polar surface area (TPSA) is 48.8 Å².